The minimum Gasteiger partial charge on any atom is -0.472 e. The fraction of sp³-hybridized carbons (Fsp3) is 0.333. The number of alkyl halides is 3. The molecule has 0 saturated carbocycles. The molecular weight excluding hydrogens is 349 g/mol. The Bertz CT molecular complexity index is 778. The Morgan fingerprint density at radius 3 is 2.65 bits per heavy atom. The first-order valence-corrected chi connectivity index (χ1v) is 8.00. The molecule has 2 aromatic rings. The van der Waals surface area contributed by atoms with Crippen molar-refractivity contribution in [3.05, 3.63) is 53.7 Å². The lowest BCUT2D eigenvalue weighted by atomic mass is 10.1. The second-order valence-electron chi connectivity index (χ2n) is 5.87. The second-order valence-corrected chi connectivity index (χ2v) is 5.87. The molecule has 0 spiro atoms. The van der Waals surface area contributed by atoms with Crippen molar-refractivity contribution >= 4 is 11.7 Å². The van der Waals surface area contributed by atoms with Crippen molar-refractivity contribution in [2.75, 3.05) is 25.1 Å². The molecule has 1 aliphatic heterocycles. The van der Waals surface area contributed by atoms with E-state index < -0.39 is 17.7 Å². The molecule has 2 heterocycles. The zero-order chi connectivity index (χ0) is 18.7. The number of methoxy groups -OCH3 is 1. The van der Waals surface area contributed by atoms with Crippen molar-refractivity contribution in [3.8, 4) is 5.88 Å². The molecule has 1 fully saturated rings. The number of carbonyl (C=O) groups is 1. The van der Waals surface area contributed by atoms with Gasteiger partial charge in [-0.05, 0) is 18.2 Å². The third-order valence-electron chi connectivity index (χ3n) is 4.15. The van der Waals surface area contributed by atoms with Crippen LogP contribution >= 0.6 is 0 Å². The van der Waals surface area contributed by atoms with Crippen LogP contribution in [0, 0.1) is 0 Å². The van der Waals surface area contributed by atoms with Crippen LogP contribution in [0.2, 0.25) is 0 Å². The molecule has 1 aliphatic rings. The minimum absolute atomic E-state index is 0.145. The molecule has 1 aromatic heterocycles. The van der Waals surface area contributed by atoms with E-state index in [4.69, 9.17) is 9.47 Å². The SMILES string of the molecule is COC(=O)c1ccccc1N1CCC(Oc2ccc(C(F)(F)F)cn2)C1. The molecule has 26 heavy (non-hydrogen) atoms. The van der Waals surface area contributed by atoms with Gasteiger partial charge in [-0.1, -0.05) is 12.1 Å². The Labute approximate surface area is 148 Å². The van der Waals surface area contributed by atoms with Gasteiger partial charge in [0, 0.05) is 25.2 Å². The predicted octanol–water partition coefficient (Wildman–Crippen LogP) is 3.54. The summed E-state index contributed by atoms with van der Waals surface area (Å²) < 4.78 is 48.2. The summed E-state index contributed by atoms with van der Waals surface area (Å²) in [6.07, 6.45) is -3.23. The maximum atomic E-state index is 12.6. The molecule has 1 unspecified atom stereocenters. The number of carbonyl (C=O) groups excluding carboxylic acids is 1. The van der Waals surface area contributed by atoms with Crippen LogP contribution < -0.4 is 9.64 Å². The first-order valence-electron chi connectivity index (χ1n) is 8.00. The average molecular weight is 366 g/mol. The fourth-order valence-electron chi connectivity index (χ4n) is 2.86. The Kier molecular flexibility index (Phi) is 5.01. The first-order chi connectivity index (χ1) is 12.4. The summed E-state index contributed by atoms with van der Waals surface area (Å²) in [4.78, 5) is 17.6. The number of ether oxygens (including phenoxy) is 2. The predicted molar refractivity (Wildman–Crippen MR) is 88.3 cm³/mol. The number of hydrogen-bond acceptors (Lipinski definition) is 5. The summed E-state index contributed by atoms with van der Waals surface area (Å²) in [5.41, 5.74) is 0.388. The fourth-order valence-corrected chi connectivity index (χ4v) is 2.86. The zero-order valence-corrected chi connectivity index (χ0v) is 14.0. The van der Waals surface area contributed by atoms with Gasteiger partial charge in [0.25, 0.3) is 0 Å². The quantitative estimate of drug-likeness (QED) is 0.775. The molecule has 8 heteroatoms. The van der Waals surface area contributed by atoms with Crippen molar-refractivity contribution in [2.24, 2.45) is 0 Å². The molecule has 1 atom stereocenters. The van der Waals surface area contributed by atoms with Crippen molar-refractivity contribution in [3.63, 3.8) is 0 Å². The molecule has 0 radical (unpaired) electrons. The van der Waals surface area contributed by atoms with Gasteiger partial charge in [-0.15, -0.1) is 0 Å². The molecule has 1 aromatic carbocycles. The molecule has 0 amide bonds. The van der Waals surface area contributed by atoms with E-state index in [0.29, 0.717) is 25.1 Å². The van der Waals surface area contributed by atoms with Crippen LogP contribution in [0.15, 0.2) is 42.6 Å². The Balaban J connectivity index is 1.67. The highest BCUT2D eigenvalue weighted by atomic mass is 19.4. The zero-order valence-electron chi connectivity index (χ0n) is 14.0. The van der Waals surface area contributed by atoms with Crippen LogP contribution in [-0.2, 0) is 10.9 Å². The lowest BCUT2D eigenvalue weighted by molar-refractivity contribution is -0.137. The number of esters is 1. The van der Waals surface area contributed by atoms with E-state index >= 15 is 0 Å². The molecule has 0 bridgehead atoms. The van der Waals surface area contributed by atoms with Gasteiger partial charge in [0.2, 0.25) is 5.88 Å². The summed E-state index contributed by atoms with van der Waals surface area (Å²) in [6, 6.07) is 9.26. The number of nitrogens with zero attached hydrogens (tertiary/aromatic N) is 2. The van der Waals surface area contributed by atoms with E-state index in [1.54, 1.807) is 12.1 Å². The highest BCUT2D eigenvalue weighted by Gasteiger charge is 2.31. The van der Waals surface area contributed by atoms with Crippen LogP contribution in [0.3, 0.4) is 0 Å². The van der Waals surface area contributed by atoms with Crippen molar-refractivity contribution in [2.45, 2.75) is 18.7 Å². The first kappa shape index (κ1) is 18.0. The van der Waals surface area contributed by atoms with Gasteiger partial charge in [-0.25, -0.2) is 9.78 Å². The van der Waals surface area contributed by atoms with Gasteiger partial charge in [0.15, 0.2) is 0 Å². The number of halogens is 3. The normalized spacial score (nSPS) is 17.2. The van der Waals surface area contributed by atoms with Crippen LogP contribution in [0.25, 0.3) is 0 Å². The van der Waals surface area contributed by atoms with Gasteiger partial charge in [0.1, 0.15) is 6.10 Å². The van der Waals surface area contributed by atoms with Crippen LogP contribution in [0.4, 0.5) is 18.9 Å². The summed E-state index contributed by atoms with van der Waals surface area (Å²) in [6.45, 7) is 1.15. The Morgan fingerprint density at radius 2 is 2.00 bits per heavy atom. The van der Waals surface area contributed by atoms with Gasteiger partial charge in [-0.2, -0.15) is 13.2 Å². The van der Waals surface area contributed by atoms with Gasteiger partial charge < -0.3 is 14.4 Å². The van der Waals surface area contributed by atoms with E-state index in [1.807, 2.05) is 17.0 Å². The lowest BCUT2D eigenvalue weighted by Crippen LogP contribution is -2.26. The third-order valence-corrected chi connectivity index (χ3v) is 4.15. The number of hydrogen-bond donors (Lipinski definition) is 0. The highest BCUT2D eigenvalue weighted by Crippen LogP contribution is 2.30. The number of pyridine rings is 1. The van der Waals surface area contributed by atoms with E-state index in [9.17, 15) is 18.0 Å². The number of benzene rings is 1. The third kappa shape index (κ3) is 3.89. The smallest absolute Gasteiger partial charge is 0.417 e. The standard InChI is InChI=1S/C18H17F3N2O3/c1-25-17(24)14-4-2-3-5-15(14)23-9-8-13(11-23)26-16-7-6-12(10-22-16)18(19,20)21/h2-7,10,13H,8-9,11H2,1H3. The second kappa shape index (κ2) is 7.23. The summed E-state index contributed by atoms with van der Waals surface area (Å²) in [5, 5.41) is 0. The number of anilines is 1. The molecule has 1 saturated heterocycles. The van der Waals surface area contributed by atoms with Gasteiger partial charge in [0.05, 0.1) is 30.5 Å². The van der Waals surface area contributed by atoms with Crippen LogP contribution in [-0.4, -0.2) is 37.3 Å². The van der Waals surface area contributed by atoms with Crippen molar-refractivity contribution < 1.29 is 27.4 Å². The molecule has 138 valence electrons. The summed E-state index contributed by atoms with van der Waals surface area (Å²) >= 11 is 0. The average Bonchev–Trinajstić information content (AvgIpc) is 3.09. The minimum atomic E-state index is -4.42. The molecule has 5 nitrogen and oxygen atoms in total. The van der Waals surface area contributed by atoms with E-state index in [2.05, 4.69) is 4.98 Å². The maximum Gasteiger partial charge on any atom is 0.417 e. The number of para-hydroxylation sites is 1. The van der Waals surface area contributed by atoms with E-state index in [0.717, 1.165) is 18.0 Å². The maximum absolute atomic E-state index is 12.6. The highest BCUT2D eigenvalue weighted by molar-refractivity contribution is 5.95. The van der Waals surface area contributed by atoms with Gasteiger partial charge in [-0.3, -0.25) is 0 Å². The molecular formula is C18H17F3N2O3. The van der Waals surface area contributed by atoms with Crippen molar-refractivity contribution in [1.82, 2.24) is 4.98 Å². The van der Waals surface area contributed by atoms with Crippen LogP contribution in [0.1, 0.15) is 22.3 Å². The molecule has 0 N–H and O–H groups in total. The lowest BCUT2D eigenvalue weighted by Gasteiger charge is -2.21. The monoisotopic (exact) mass is 366 g/mol. The molecule has 3 rings (SSSR count). The van der Waals surface area contributed by atoms with Crippen molar-refractivity contribution in [1.29, 1.82) is 0 Å². The topological polar surface area (TPSA) is 51.7 Å². The van der Waals surface area contributed by atoms with E-state index in [-0.39, 0.29) is 12.0 Å². The summed E-state index contributed by atoms with van der Waals surface area (Å²) in [5.74, 6) is -0.277. The van der Waals surface area contributed by atoms with E-state index in [1.165, 1.54) is 13.2 Å². The largest absolute Gasteiger partial charge is 0.472 e. The Hall–Kier alpha value is -2.77. The number of aromatic nitrogens is 1. The van der Waals surface area contributed by atoms with Crippen LogP contribution in [0.5, 0.6) is 5.88 Å². The van der Waals surface area contributed by atoms with Gasteiger partial charge >= 0.3 is 12.1 Å². The molecule has 0 aliphatic carbocycles. The Morgan fingerprint density at radius 1 is 1.23 bits per heavy atom. The number of rotatable bonds is 4. The summed E-state index contributed by atoms with van der Waals surface area (Å²) in [7, 11) is 1.32.